The molecule has 7 heteroatoms. The molecule has 0 aliphatic carbocycles. The second kappa shape index (κ2) is 9.28. The first-order chi connectivity index (χ1) is 13.6. The Hall–Kier alpha value is -2.99. The zero-order valence-electron chi connectivity index (χ0n) is 15.7. The summed E-state index contributed by atoms with van der Waals surface area (Å²) in [6.45, 7) is 4.45. The minimum absolute atomic E-state index is 0.163. The number of ether oxygens (including phenoxy) is 1. The Labute approximate surface area is 169 Å². The van der Waals surface area contributed by atoms with Crippen molar-refractivity contribution in [3.8, 4) is 17.1 Å². The lowest BCUT2D eigenvalue weighted by Gasteiger charge is -2.16. The van der Waals surface area contributed by atoms with Crippen molar-refractivity contribution in [2.75, 3.05) is 6.61 Å². The fourth-order valence-corrected chi connectivity index (χ4v) is 2.92. The lowest BCUT2D eigenvalue weighted by Crippen LogP contribution is -2.28. The third-order valence-corrected chi connectivity index (χ3v) is 4.36. The number of amides is 1. The van der Waals surface area contributed by atoms with Crippen LogP contribution in [-0.2, 0) is 0 Å². The van der Waals surface area contributed by atoms with Gasteiger partial charge in [-0.1, -0.05) is 25.1 Å². The summed E-state index contributed by atoms with van der Waals surface area (Å²) in [5.74, 6) is 0.403. The summed E-state index contributed by atoms with van der Waals surface area (Å²) in [5.41, 5.74) is 2.94. The van der Waals surface area contributed by atoms with Crippen LogP contribution in [0.15, 0.2) is 54.7 Å². The topological polar surface area (TPSA) is 77.0 Å². The molecule has 0 aliphatic heterocycles. The van der Waals surface area contributed by atoms with Crippen molar-refractivity contribution in [2.24, 2.45) is 0 Å². The van der Waals surface area contributed by atoms with Crippen LogP contribution in [0.4, 0.5) is 0 Å². The normalized spacial score (nSPS) is 11.7. The zero-order chi connectivity index (χ0) is 19.9. The Kier molecular flexibility index (Phi) is 6.55. The summed E-state index contributed by atoms with van der Waals surface area (Å²) in [6.07, 6.45) is 2.27. The van der Waals surface area contributed by atoms with Gasteiger partial charge in [-0.05, 0) is 49.2 Å². The van der Waals surface area contributed by atoms with E-state index in [0.29, 0.717) is 30.2 Å². The van der Waals surface area contributed by atoms with Gasteiger partial charge < -0.3 is 10.1 Å². The van der Waals surface area contributed by atoms with E-state index in [2.05, 4.69) is 20.3 Å². The summed E-state index contributed by atoms with van der Waals surface area (Å²) in [4.78, 5) is 25.2. The average molecular weight is 397 g/mol. The van der Waals surface area contributed by atoms with Gasteiger partial charge in [-0.25, -0.2) is 15.0 Å². The molecule has 2 aromatic heterocycles. The van der Waals surface area contributed by atoms with Gasteiger partial charge >= 0.3 is 0 Å². The highest BCUT2D eigenvalue weighted by Crippen LogP contribution is 2.21. The first kappa shape index (κ1) is 19.8. The van der Waals surface area contributed by atoms with Gasteiger partial charge in [-0.15, -0.1) is 0 Å². The van der Waals surface area contributed by atoms with Crippen molar-refractivity contribution in [3.05, 3.63) is 71.3 Å². The molecule has 28 heavy (non-hydrogen) atoms. The van der Waals surface area contributed by atoms with Crippen LogP contribution in [0.2, 0.25) is 5.28 Å². The van der Waals surface area contributed by atoms with Crippen LogP contribution in [0.5, 0.6) is 5.88 Å². The van der Waals surface area contributed by atoms with Gasteiger partial charge in [0.2, 0.25) is 11.2 Å². The smallest absolute Gasteiger partial charge is 0.251 e. The number of rotatable bonds is 7. The fraction of sp³-hybridized carbons (Fsp3) is 0.238. The lowest BCUT2D eigenvalue weighted by atomic mass is 10.1. The number of aromatic nitrogens is 3. The second-order valence-corrected chi connectivity index (χ2v) is 6.39. The highest BCUT2D eigenvalue weighted by atomic mass is 35.5. The van der Waals surface area contributed by atoms with Crippen molar-refractivity contribution in [1.29, 1.82) is 0 Å². The maximum absolute atomic E-state index is 12.6. The zero-order valence-corrected chi connectivity index (χ0v) is 16.5. The fourth-order valence-electron chi connectivity index (χ4n) is 2.76. The Bertz CT molecular complexity index is 947. The van der Waals surface area contributed by atoms with E-state index in [0.717, 1.165) is 11.3 Å². The third-order valence-electron chi connectivity index (χ3n) is 4.18. The second-order valence-electron chi connectivity index (χ2n) is 6.06. The van der Waals surface area contributed by atoms with Crippen molar-refractivity contribution in [3.63, 3.8) is 0 Å². The minimum atomic E-state index is -0.239. The van der Waals surface area contributed by atoms with Crippen molar-refractivity contribution in [1.82, 2.24) is 20.3 Å². The standard InChI is InChI=1S/C21H21ClN4O2/c1-3-16(18-12-13-23-21(22)26-18)25-20(27)15-10-8-14(9-11-15)17-6-5-7-19(24-17)28-4-2/h5-13,16H,3-4H2,1-2H3,(H,25,27). The van der Waals surface area contributed by atoms with E-state index in [1.807, 2.05) is 44.2 Å². The van der Waals surface area contributed by atoms with Crippen LogP contribution in [0.3, 0.4) is 0 Å². The number of carbonyl (C=O) groups excluding carboxylic acids is 1. The molecule has 144 valence electrons. The number of benzene rings is 1. The molecular formula is C21H21ClN4O2. The lowest BCUT2D eigenvalue weighted by molar-refractivity contribution is 0.0934. The predicted molar refractivity (Wildman–Crippen MR) is 108 cm³/mol. The van der Waals surface area contributed by atoms with E-state index in [1.54, 1.807) is 24.4 Å². The quantitative estimate of drug-likeness (QED) is 0.596. The van der Waals surface area contributed by atoms with Gasteiger partial charge in [0.25, 0.3) is 5.91 Å². The molecule has 1 unspecified atom stereocenters. The summed E-state index contributed by atoms with van der Waals surface area (Å²) in [7, 11) is 0. The predicted octanol–water partition coefficient (Wildman–Crippen LogP) is 4.47. The Morgan fingerprint density at radius 3 is 2.57 bits per heavy atom. The number of hydrogen-bond donors (Lipinski definition) is 1. The molecule has 1 amide bonds. The number of carbonyl (C=O) groups is 1. The molecule has 2 heterocycles. The molecule has 0 aliphatic rings. The molecule has 0 radical (unpaired) electrons. The monoisotopic (exact) mass is 396 g/mol. The van der Waals surface area contributed by atoms with Crippen LogP contribution < -0.4 is 10.1 Å². The maximum atomic E-state index is 12.6. The van der Waals surface area contributed by atoms with E-state index in [4.69, 9.17) is 16.3 Å². The van der Waals surface area contributed by atoms with Crippen LogP contribution in [0.1, 0.15) is 42.4 Å². The first-order valence-corrected chi connectivity index (χ1v) is 9.48. The largest absolute Gasteiger partial charge is 0.478 e. The molecule has 1 atom stereocenters. The molecular weight excluding hydrogens is 376 g/mol. The molecule has 0 saturated carbocycles. The summed E-state index contributed by atoms with van der Waals surface area (Å²) >= 11 is 5.86. The molecule has 1 aromatic carbocycles. The molecule has 3 aromatic rings. The Morgan fingerprint density at radius 2 is 1.89 bits per heavy atom. The molecule has 1 N–H and O–H groups in total. The highest BCUT2D eigenvalue weighted by Gasteiger charge is 2.16. The van der Waals surface area contributed by atoms with Gasteiger partial charge in [0.1, 0.15) is 0 Å². The number of nitrogens with zero attached hydrogens (tertiary/aromatic N) is 3. The van der Waals surface area contributed by atoms with Crippen molar-refractivity contribution in [2.45, 2.75) is 26.3 Å². The maximum Gasteiger partial charge on any atom is 0.251 e. The van der Waals surface area contributed by atoms with Gasteiger partial charge in [0.05, 0.1) is 24.0 Å². The minimum Gasteiger partial charge on any atom is -0.478 e. The Balaban J connectivity index is 1.73. The van der Waals surface area contributed by atoms with Gasteiger partial charge in [-0.3, -0.25) is 4.79 Å². The molecule has 6 nitrogen and oxygen atoms in total. The number of pyridine rings is 1. The molecule has 3 rings (SSSR count). The van der Waals surface area contributed by atoms with Crippen LogP contribution >= 0.6 is 11.6 Å². The number of halogens is 1. The summed E-state index contributed by atoms with van der Waals surface area (Å²) in [6, 6.07) is 14.4. The highest BCUT2D eigenvalue weighted by molar-refractivity contribution is 6.28. The van der Waals surface area contributed by atoms with Gasteiger partial charge in [0, 0.05) is 23.4 Å². The average Bonchev–Trinajstić information content (AvgIpc) is 2.72. The van der Waals surface area contributed by atoms with E-state index in [1.165, 1.54) is 0 Å². The number of hydrogen-bond acceptors (Lipinski definition) is 5. The molecule has 0 bridgehead atoms. The SMILES string of the molecule is CCOc1cccc(-c2ccc(C(=O)NC(CC)c3ccnc(Cl)n3)cc2)n1. The van der Waals surface area contributed by atoms with Crippen LogP contribution in [0.25, 0.3) is 11.3 Å². The van der Waals surface area contributed by atoms with E-state index in [9.17, 15) is 4.79 Å². The molecule has 0 saturated heterocycles. The summed E-state index contributed by atoms with van der Waals surface area (Å²) < 4.78 is 5.44. The number of nitrogens with one attached hydrogen (secondary N) is 1. The summed E-state index contributed by atoms with van der Waals surface area (Å²) in [5, 5.41) is 3.15. The van der Waals surface area contributed by atoms with E-state index >= 15 is 0 Å². The first-order valence-electron chi connectivity index (χ1n) is 9.10. The van der Waals surface area contributed by atoms with Gasteiger partial charge in [0.15, 0.2) is 0 Å². The molecule has 0 spiro atoms. The van der Waals surface area contributed by atoms with E-state index < -0.39 is 0 Å². The molecule has 0 fully saturated rings. The van der Waals surface area contributed by atoms with Gasteiger partial charge in [-0.2, -0.15) is 0 Å². The van der Waals surface area contributed by atoms with Crippen LogP contribution in [-0.4, -0.2) is 27.5 Å². The third kappa shape index (κ3) is 4.84. The van der Waals surface area contributed by atoms with Crippen molar-refractivity contribution >= 4 is 17.5 Å². The van der Waals surface area contributed by atoms with Crippen LogP contribution in [0, 0.1) is 0 Å². The van der Waals surface area contributed by atoms with Crippen molar-refractivity contribution < 1.29 is 9.53 Å². The van der Waals surface area contributed by atoms with E-state index in [-0.39, 0.29) is 17.2 Å². The Morgan fingerprint density at radius 1 is 1.11 bits per heavy atom.